The second-order valence-electron chi connectivity index (χ2n) is 4.72. The van der Waals surface area contributed by atoms with Crippen molar-refractivity contribution in [1.29, 1.82) is 0 Å². The van der Waals surface area contributed by atoms with Crippen LogP contribution in [0.1, 0.15) is 20.7 Å². The third-order valence-corrected chi connectivity index (χ3v) is 5.31. The van der Waals surface area contributed by atoms with E-state index in [4.69, 9.17) is 10.2 Å². The summed E-state index contributed by atoms with van der Waals surface area (Å²) in [7, 11) is 3.44. The molecule has 0 saturated heterocycles. The first-order valence-electron chi connectivity index (χ1n) is 7.27. The molecule has 26 heavy (non-hydrogen) atoms. The van der Waals surface area contributed by atoms with Crippen molar-refractivity contribution in [3.05, 3.63) is 84.4 Å². The van der Waals surface area contributed by atoms with E-state index in [0.717, 1.165) is 6.07 Å². The quantitative estimate of drug-likeness (QED) is 0.624. The van der Waals surface area contributed by atoms with Crippen LogP contribution in [0.25, 0.3) is 0 Å². The summed E-state index contributed by atoms with van der Waals surface area (Å²) in [4.78, 5) is 31.1. The van der Waals surface area contributed by atoms with Crippen molar-refractivity contribution >= 4 is 33.5 Å². The van der Waals surface area contributed by atoms with Crippen molar-refractivity contribution in [2.75, 3.05) is 0 Å². The van der Waals surface area contributed by atoms with E-state index >= 15 is 0 Å². The lowest BCUT2D eigenvalue weighted by Gasteiger charge is -1.99. The monoisotopic (exact) mass is 386 g/mol. The fourth-order valence-corrected chi connectivity index (χ4v) is 3.57. The van der Waals surface area contributed by atoms with Gasteiger partial charge in [0.05, 0.1) is 11.1 Å². The first-order valence-corrected chi connectivity index (χ1v) is 9.42. The molecule has 0 fully saturated rings. The molecule has 6 nitrogen and oxygen atoms in total. The molecule has 2 N–H and O–H groups in total. The third kappa shape index (κ3) is 6.58. The van der Waals surface area contributed by atoms with E-state index in [-0.39, 0.29) is 11.1 Å². The smallest absolute Gasteiger partial charge is 0.335 e. The Labute approximate surface area is 157 Å². The molecule has 0 aliphatic heterocycles. The van der Waals surface area contributed by atoms with Gasteiger partial charge in [0.2, 0.25) is 0 Å². The number of hydrogen-bond donors (Lipinski definition) is 2. The summed E-state index contributed by atoms with van der Waals surface area (Å²) >= 11 is 0. The lowest BCUT2D eigenvalue weighted by Crippen LogP contribution is -2.01. The molecule has 0 aliphatic carbocycles. The number of nitrogens with zero attached hydrogens (tertiary/aromatic N) is 2. The summed E-state index contributed by atoms with van der Waals surface area (Å²) in [5.41, 5.74) is -0.0372. The van der Waals surface area contributed by atoms with Gasteiger partial charge in [0.1, 0.15) is 0 Å². The minimum absolute atomic E-state index is 0.0186. The van der Waals surface area contributed by atoms with Crippen LogP contribution in [0.5, 0.6) is 0 Å². The number of carboxylic acids is 2. The van der Waals surface area contributed by atoms with E-state index in [0.29, 0.717) is 0 Å². The Morgan fingerprint density at radius 3 is 1.42 bits per heavy atom. The predicted octanol–water partition coefficient (Wildman–Crippen LogP) is 4.36. The summed E-state index contributed by atoms with van der Waals surface area (Å²) < 4.78 is 0. The number of aromatic nitrogens is 2. The van der Waals surface area contributed by atoms with Gasteiger partial charge in [-0.3, -0.25) is 9.97 Å². The maximum absolute atomic E-state index is 10.4. The van der Waals surface area contributed by atoms with Gasteiger partial charge in [-0.1, -0.05) is 27.7 Å². The topological polar surface area (TPSA) is 100 Å². The number of hydrogen-bond acceptors (Lipinski definition) is 6. The van der Waals surface area contributed by atoms with Gasteiger partial charge in [-0.15, -0.1) is 0 Å². The zero-order valence-corrected chi connectivity index (χ0v) is 15.0. The average molecular weight is 386 g/mol. The molecule has 0 amide bonds. The molecule has 2 heterocycles. The highest BCUT2D eigenvalue weighted by atomic mass is 33.1. The van der Waals surface area contributed by atoms with Crippen LogP contribution in [0, 0.1) is 0 Å². The number of aromatic carboxylic acids is 2. The van der Waals surface area contributed by atoms with Crippen molar-refractivity contribution in [3.63, 3.8) is 0 Å². The largest absolute Gasteiger partial charge is 0.478 e. The molecule has 3 aromatic rings. The third-order valence-electron chi connectivity index (χ3n) is 2.89. The van der Waals surface area contributed by atoms with E-state index in [2.05, 4.69) is 9.97 Å². The molecule has 1 aromatic carbocycles. The van der Waals surface area contributed by atoms with E-state index in [9.17, 15) is 9.59 Å². The minimum atomic E-state index is -1.13. The van der Waals surface area contributed by atoms with Crippen molar-refractivity contribution in [3.8, 4) is 0 Å². The Bertz CT molecular complexity index is 793. The molecule has 0 atom stereocenters. The molecule has 132 valence electrons. The highest BCUT2D eigenvalue weighted by molar-refractivity contribution is 8.76. The summed E-state index contributed by atoms with van der Waals surface area (Å²) in [6.07, 6.45) is 7.20. The number of rotatable bonds is 5. The van der Waals surface area contributed by atoms with Gasteiger partial charge < -0.3 is 10.2 Å². The first-order chi connectivity index (χ1) is 12.6. The van der Waals surface area contributed by atoms with Gasteiger partial charge in [-0.2, -0.15) is 0 Å². The van der Waals surface area contributed by atoms with Crippen LogP contribution in [0.3, 0.4) is 0 Å². The molecule has 0 radical (unpaired) electrons. The highest BCUT2D eigenvalue weighted by Crippen LogP contribution is 2.36. The van der Waals surface area contributed by atoms with E-state index < -0.39 is 11.9 Å². The average Bonchev–Trinajstić information content (AvgIpc) is 2.68. The van der Waals surface area contributed by atoms with Crippen LogP contribution >= 0.6 is 21.6 Å². The first kappa shape index (κ1) is 19.5. The molecular formula is C18H14N2O4S2. The van der Waals surface area contributed by atoms with E-state index in [1.807, 2.05) is 24.3 Å². The van der Waals surface area contributed by atoms with Gasteiger partial charge in [0.25, 0.3) is 0 Å². The van der Waals surface area contributed by atoms with Crippen molar-refractivity contribution in [1.82, 2.24) is 9.97 Å². The molecule has 0 bridgehead atoms. The highest BCUT2D eigenvalue weighted by Gasteiger charge is 2.06. The fourth-order valence-electron chi connectivity index (χ4n) is 1.67. The predicted molar refractivity (Wildman–Crippen MR) is 101 cm³/mol. The number of pyridine rings is 2. The summed E-state index contributed by atoms with van der Waals surface area (Å²) in [6, 6.07) is 13.2. The Kier molecular flexibility index (Phi) is 7.66. The van der Waals surface area contributed by atoms with Gasteiger partial charge in [-0.05, 0) is 42.5 Å². The molecule has 0 aliphatic rings. The van der Waals surface area contributed by atoms with Crippen LogP contribution in [-0.2, 0) is 0 Å². The zero-order valence-electron chi connectivity index (χ0n) is 13.4. The van der Waals surface area contributed by atoms with Gasteiger partial charge in [0.15, 0.2) is 0 Å². The number of carbonyl (C=O) groups is 2. The van der Waals surface area contributed by atoms with Gasteiger partial charge in [0, 0.05) is 34.6 Å². The second kappa shape index (κ2) is 10.2. The minimum Gasteiger partial charge on any atom is -0.478 e. The Balaban J connectivity index is 0.000000190. The molecular weight excluding hydrogens is 372 g/mol. The molecule has 2 aromatic heterocycles. The maximum atomic E-state index is 10.4. The van der Waals surface area contributed by atoms with E-state index in [1.165, 1.54) is 28.0 Å². The molecule has 0 spiro atoms. The number of benzene rings is 1. The van der Waals surface area contributed by atoms with Crippen molar-refractivity contribution in [2.24, 2.45) is 0 Å². The Morgan fingerprint density at radius 1 is 0.692 bits per heavy atom. The van der Waals surface area contributed by atoms with E-state index in [1.54, 1.807) is 46.4 Å². The fraction of sp³-hybridized carbons (Fsp3) is 0. The second-order valence-corrected chi connectivity index (χ2v) is 7.00. The van der Waals surface area contributed by atoms with Crippen LogP contribution in [0.15, 0.2) is 83.1 Å². The Morgan fingerprint density at radius 2 is 1.08 bits per heavy atom. The number of carboxylic acid groups (broad SMARTS) is 2. The maximum Gasteiger partial charge on any atom is 0.335 e. The van der Waals surface area contributed by atoms with Crippen LogP contribution in [0.4, 0.5) is 0 Å². The van der Waals surface area contributed by atoms with Crippen molar-refractivity contribution in [2.45, 2.75) is 9.79 Å². The van der Waals surface area contributed by atoms with Gasteiger partial charge >= 0.3 is 11.9 Å². The van der Waals surface area contributed by atoms with Crippen LogP contribution < -0.4 is 0 Å². The van der Waals surface area contributed by atoms with Crippen LogP contribution in [-0.4, -0.2) is 32.1 Å². The molecule has 3 rings (SSSR count). The lowest BCUT2D eigenvalue weighted by atomic mass is 10.1. The standard InChI is InChI=1S/C10H8N2S2.C8H6O4/c1-5-11-6-2-9(1)13-14-10-3-7-12-8-4-10;9-7(10)5-2-1-3-6(4-5)8(11)12/h1-8H;1-4H,(H,9,10)(H,11,12). The molecule has 8 heteroatoms. The van der Waals surface area contributed by atoms with Crippen LogP contribution in [0.2, 0.25) is 0 Å². The molecule has 0 unspecified atom stereocenters. The van der Waals surface area contributed by atoms with Gasteiger partial charge in [-0.25, -0.2) is 9.59 Å². The summed E-state index contributed by atoms with van der Waals surface area (Å²) in [5, 5.41) is 17.0. The zero-order chi connectivity index (χ0) is 18.8. The summed E-state index contributed by atoms with van der Waals surface area (Å²) in [5.74, 6) is -2.25. The SMILES string of the molecule is O=C(O)c1cccc(C(=O)O)c1.c1cc(SSc2ccncc2)ccn1. The normalized spacial score (nSPS) is 9.69. The Hall–Kier alpha value is -2.84. The van der Waals surface area contributed by atoms with Crippen molar-refractivity contribution < 1.29 is 19.8 Å². The summed E-state index contributed by atoms with van der Waals surface area (Å²) in [6.45, 7) is 0. The molecule has 0 saturated carbocycles. The lowest BCUT2D eigenvalue weighted by molar-refractivity contribution is 0.0696.